The number of benzene rings is 1. The Kier molecular flexibility index (Phi) is 4.42. The van der Waals surface area contributed by atoms with Crippen molar-refractivity contribution in [3.8, 4) is 0 Å². The highest BCUT2D eigenvalue weighted by molar-refractivity contribution is 14.1. The standard InChI is InChI=1S/C11H12FI/c1-2-3-7-11(12)9-5-4-6-10(13)8-9/h2,4-6,8,11H,1,3,7H2. The number of rotatable bonds is 4. The van der Waals surface area contributed by atoms with Crippen molar-refractivity contribution in [1.82, 2.24) is 0 Å². The molecule has 1 rings (SSSR count). The second kappa shape index (κ2) is 5.37. The van der Waals surface area contributed by atoms with Gasteiger partial charge in [-0.3, -0.25) is 0 Å². The zero-order chi connectivity index (χ0) is 9.68. The summed E-state index contributed by atoms with van der Waals surface area (Å²) in [6, 6.07) is 7.56. The van der Waals surface area contributed by atoms with Gasteiger partial charge >= 0.3 is 0 Å². The maximum Gasteiger partial charge on any atom is 0.125 e. The van der Waals surface area contributed by atoms with E-state index in [1.165, 1.54) is 0 Å². The van der Waals surface area contributed by atoms with E-state index in [1.54, 1.807) is 6.08 Å². The molecule has 0 fully saturated rings. The number of allylic oxidation sites excluding steroid dienone is 1. The molecule has 0 amide bonds. The minimum Gasteiger partial charge on any atom is -0.242 e. The fourth-order valence-electron chi connectivity index (χ4n) is 1.13. The van der Waals surface area contributed by atoms with E-state index < -0.39 is 6.17 Å². The summed E-state index contributed by atoms with van der Waals surface area (Å²) >= 11 is 2.19. The number of halogens is 2. The molecule has 70 valence electrons. The Labute approximate surface area is 92.0 Å². The maximum absolute atomic E-state index is 13.5. The third-order valence-electron chi connectivity index (χ3n) is 1.83. The van der Waals surface area contributed by atoms with Crippen LogP contribution < -0.4 is 0 Å². The van der Waals surface area contributed by atoms with Gasteiger partial charge in [-0.15, -0.1) is 6.58 Å². The SMILES string of the molecule is C=CCCC(F)c1cccc(I)c1. The lowest BCUT2D eigenvalue weighted by Crippen LogP contribution is -1.91. The molecule has 0 saturated carbocycles. The summed E-state index contributed by atoms with van der Waals surface area (Å²) in [5.41, 5.74) is 0.772. The quantitative estimate of drug-likeness (QED) is 0.574. The average molecular weight is 290 g/mol. The zero-order valence-corrected chi connectivity index (χ0v) is 9.50. The Morgan fingerprint density at radius 2 is 2.31 bits per heavy atom. The molecule has 1 unspecified atom stereocenters. The fourth-order valence-corrected chi connectivity index (χ4v) is 1.70. The molecule has 0 nitrogen and oxygen atoms in total. The first-order valence-corrected chi connectivity index (χ1v) is 5.32. The molecule has 0 N–H and O–H groups in total. The summed E-state index contributed by atoms with van der Waals surface area (Å²) in [5.74, 6) is 0. The van der Waals surface area contributed by atoms with Gasteiger partial charge in [0.2, 0.25) is 0 Å². The van der Waals surface area contributed by atoms with Crippen LogP contribution in [0.1, 0.15) is 24.6 Å². The van der Waals surface area contributed by atoms with Crippen LogP contribution in [-0.4, -0.2) is 0 Å². The van der Waals surface area contributed by atoms with Gasteiger partial charge in [0.1, 0.15) is 6.17 Å². The van der Waals surface area contributed by atoms with Crippen molar-refractivity contribution >= 4 is 22.6 Å². The molecule has 0 saturated heterocycles. The minimum atomic E-state index is -0.854. The van der Waals surface area contributed by atoms with E-state index in [9.17, 15) is 4.39 Å². The van der Waals surface area contributed by atoms with Crippen molar-refractivity contribution in [2.45, 2.75) is 19.0 Å². The van der Waals surface area contributed by atoms with Gasteiger partial charge in [0.15, 0.2) is 0 Å². The molecule has 1 aromatic rings. The van der Waals surface area contributed by atoms with Crippen molar-refractivity contribution in [2.75, 3.05) is 0 Å². The summed E-state index contributed by atoms with van der Waals surface area (Å²) in [5, 5.41) is 0. The number of hydrogen-bond acceptors (Lipinski definition) is 0. The van der Waals surface area contributed by atoms with Crippen molar-refractivity contribution in [1.29, 1.82) is 0 Å². The second-order valence-electron chi connectivity index (χ2n) is 2.89. The van der Waals surface area contributed by atoms with Gasteiger partial charge in [0.25, 0.3) is 0 Å². The Morgan fingerprint density at radius 1 is 1.54 bits per heavy atom. The molecule has 1 aromatic carbocycles. The Hall–Kier alpha value is -0.380. The van der Waals surface area contributed by atoms with Crippen LogP contribution in [0.3, 0.4) is 0 Å². The van der Waals surface area contributed by atoms with Crippen LogP contribution in [0.4, 0.5) is 4.39 Å². The van der Waals surface area contributed by atoms with E-state index in [0.717, 1.165) is 15.6 Å². The van der Waals surface area contributed by atoms with Crippen LogP contribution in [0.25, 0.3) is 0 Å². The van der Waals surface area contributed by atoms with Gasteiger partial charge in [-0.25, -0.2) is 4.39 Å². The summed E-state index contributed by atoms with van der Waals surface area (Å²) in [7, 11) is 0. The summed E-state index contributed by atoms with van der Waals surface area (Å²) < 4.78 is 14.5. The minimum absolute atomic E-state index is 0.531. The largest absolute Gasteiger partial charge is 0.242 e. The van der Waals surface area contributed by atoms with Crippen molar-refractivity contribution in [3.05, 3.63) is 46.1 Å². The summed E-state index contributed by atoms with van der Waals surface area (Å²) in [6.45, 7) is 3.58. The molecule has 0 radical (unpaired) electrons. The Balaban J connectivity index is 2.65. The molecule has 0 aliphatic rings. The monoisotopic (exact) mass is 290 g/mol. The molecule has 2 heteroatoms. The summed E-state index contributed by atoms with van der Waals surface area (Å²) in [4.78, 5) is 0. The van der Waals surface area contributed by atoms with Crippen LogP contribution in [0, 0.1) is 3.57 Å². The maximum atomic E-state index is 13.5. The van der Waals surface area contributed by atoms with E-state index in [0.29, 0.717) is 6.42 Å². The topological polar surface area (TPSA) is 0 Å². The van der Waals surface area contributed by atoms with E-state index in [4.69, 9.17) is 0 Å². The van der Waals surface area contributed by atoms with E-state index in [1.807, 2.05) is 24.3 Å². The van der Waals surface area contributed by atoms with Crippen molar-refractivity contribution in [3.63, 3.8) is 0 Å². The first-order chi connectivity index (χ1) is 6.24. The molecular weight excluding hydrogens is 278 g/mol. The predicted molar refractivity (Wildman–Crippen MR) is 62.4 cm³/mol. The average Bonchev–Trinajstić information content (AvgIpc) is 2.14. The summed E-state index contributed by atoms with van der Waals surface area (Å²) in [6.07, 6.45) is 2.16. The molecule has 1 atom stereocenters. The molecule has 0 bridgehead atoms. The van der Waals surface area contributed by atoms with Crippen LogP contribution >= 0.6 is 22.6 Å². The van der Waals surface area contributed by atoms with E-state index in [-0.39, 0.29) is 0 Å². The van der Waals surface area contributed by atoms with Gasteiger partial charge in [-0.1, -0.05) is 18.2 Å². The molecule has 0 aliphatic carbocycles. The van der Waals surface area contributed by atoms with Crippen LogP contribution in [0.5, 0.6) is 0 Å². The highest BCUT2D eigenvalue weighted by Gasteiger charge is 2.07. The normalized spacial score (nSPS) is 12.5. The van der Waals surface area contributed by atoms with E-state index in [2.05, 4.69) is 29.2 Å². The van der Waals surface area contributed by atoms with Crippen LogP contribution in [0.15, 0.2) is 36.9 Å². The Morgan fingerprint density at radius 3 is 2.92 bits per heavy atom. The highest BCUT2D eigenvalue weighted by Crippen LogP contribution is 2.23. The molecule has 0 heterocycles. The number of alkyl halides is 1. The molecule has 0 aliphatic heterocycles. The van der Waals surface area contributed by atoms with Crippen LogP contribution in [-0.2, 0) is 0 Å². The molecule has 0 aromatic heterocycles. The lowest BCUT2D eigenvalue weighted by Gasteiger charge is -2.06. The fraction of sp³-hybridized carbons (Fsp3) is 0.273. The lowest BCUT2D eigenvalue weighted by molar-refractivity contribution is 0.325. The smallest absolute Gasteiger partial charge is 0.125 e. The van der Waals surface area contributed by atoms with Gasteiger partial charge in [-0.2, -0.15) is 0 Å². The third-order valence-corrected chi connectivity index (χ3v) is 2.51. The predicted octanol–water partition coefficient (Wildman–Crippen LogP) is 4.27. The van der Waals surface area contributed by atoms with Crippen molar-refractivity contribution < 1.29 is 4.39 Å². The first-order valence-electron chi connectivity index (χ1n) is 4.24. The first kappa shape index (κ1) is 10.7. The van der Waals surface area contributed by atoms with Gasteiger partial charge < -0.3 is 0 Å². The highest BCUT2D eigenvalue weighted by atomic mass is 127. The zero-order valence-electron chi connectivity index (χ0n) is 7.34. The lowest BCUT2D eigenvalue weighted by atomic mass is 10.1. The van der Waals surface area contributed by atoms with Gasteiger partial charge in [0.05, 0.1) is 0 Å². The Bertz CT molecular complexity index is 283. The molecule has 0 spiro atoms. The number of hydrogen-bond donors (Lipinski definition) is 0. The third kappa shape index (κ3) is 3.46. The van der Waals surface area contributed by atoms with E-state index >= 15 is 0 Å². The van der Waals surface area contributed by atoms with Gasteiger partial charge in [0, 0.05) is 3.57 Å². The van der Waals surface area contributed by atoms with Crippen molar-refractivity contribution in [2.24, 2.45) is 0 Å². The van der Waals surface area contributed by atoms with Crippen LogP contribution in [0.2, 0.25) is 0 Å². The van der Waals surface area contributed by atoms with Gasteiger partial charge in [-0.05, 0) is 53.1 Å². The molecular formula is C11H12FI. The second-order valence-corrected chi connectivity index (χ2v) is 4.13. The molecule has 13 heavy (non-hydrogen) atoms.